The lowest BCUT2D eigenvalue weighted by molar-refractivity contribution is -0.137. The maximum Gasteiger partial charge on any atom is 0.227 e. The van der Waals surface area contributed by atoms with E-state index in [1.165, 1.54) is 5.56 Å². The first-order valence-electron chi connectivity index (χ1n) is 11.3. The molecule has 0 radical (unpaired) electrons. The third-order valence-electron chi connectivity index (χ3n) is 6.56. The average Bonchev–Trinajstić information content (AvgIpc) is 3.52. The Labute approximate surface area is 187 Å². The minimum atomic E-state index is 0.0679. The molecule has 31 heavy (non-hydrogen) atoms. The second-order valence-electron chi connectivity index (χ2n) is 8.70. The fourth-order valence-corrected chi connectivity index (χ4v) is 5.67. The Bertz CT molecular complexity index is 979. The molecule has 6 nitrogen and oxygen atoms in total. The minimum Gasteiger partial charge on any atom is -0.346 e. The Hall–Kier alpha value is -2.67. The van der Waals surface area contributed by atoms with Gasteiger partial charge in [0.25, 0.3) is 0 Å². The summed E-state index contributed by atoms with van der Waals surface area (Å²) >= 11 is 1.59. The standard InChI is InChI=1S/C24H29N5OS/c30-22(27-15-10-20(11-16-27)17-19-7-2-1-3-8-19)21-9-6-14-29(18-21)24-26-25-23(31-24)28-12-4-5-13-28/h1-5,7-8,12-13,20-21H,6,9-11,14-18H2. The molecule has 1 aromatic carbocycles. The van der Waals surface area contributed by atoms with Crippen molar-refractivity contribution >= 4 is 22.4 Å². The van der Waals surface area contributed by atoms with Gasteiger partial charge in [0.15, 0.2) is 0 Å². The number of benzene rings is 1. The number of likely N-dealkylation sites (tertiary alicyclic amines) is 1. The molecule has 4 heterocycles. The van der Waals surface area contributed by atoms with Gasteiger partial charge in [0.2, 0.25) is 16.2 Å². The number of amides is 1. The first-order valence-corrected chi connectivity index (χ1v) is 12.1. The van der Waals surface area contributed by atoms with E-state index in [4.69, 9.17) is 0 Å². The molecule has 0 saturated carbocycles. The van der Waals surface area contributed by atoms with Crippen molar-refractivity contribution in [3.63, 3.8) is 0 Å². The molecule has 5 rings (SSSR count). The van der Waals surface area contributed by atoms with E-state index in [2.05, 4.69) is 50.3 Å². The molecule has 0 spiro atoms. The molecular formula is C24H29N5OS. The zero-order valence-electron chi connectivity index (χ0n) is 17.8. The fraction of sp³-hybridized carbons (Fsp3) is 0.458. The van der Waals surface area contributed by atoms with Gasteiger partial charge in [-0.3, -0.25) is 9.36 Å². The van der Waals surface area contributed by atoms with E-state index in [1.54, 1.807) is 11.3 Å². The molecule has 0 N–H and O–H groups in total. The fourth-order valence-electron chi connectivity index (χ4n) is 4.82. The second-order valence-corrected chi connectivity index (χ2v) is 9.64. The maximum atomic E-state index is 13.2. The lowest BCUT2D eigenvalue weighted by Crippen LogP contribution is -2.47. The molecule has 2 aliphatic rings. The Morgan fingerprint density at radius 3 is 2.45 bits per heavy atom. The SMILES string of the molecule is O=C(C1CCCN(c2nnc(-n3cccc3)s2)C1)N1CCC(Cc2ccccc2)CC1. The predicted octanol–water partition coefficient (Wildman–Crippen LogP) is 4.03. The summed E-state index contributed by atoms with van der Waals surface area (Å²) in [5.41, 5.74) is 1.41. The van der Waals surface area contributed by atoms with Crippen molar-refractivity contribution in [3.8, 4) is 5.13 Å². The van der Waals surface area contributed by atoms with Crippen LogP contribution in [0.5, 0.6) is 0 Å². The van der Waals surface area contributed by atoms with E-state index < -0.39 is 0 Å². The van der Waals surface area contributed by atoms with Gasteiger partial charge in [-0.1, -0.05) is 41.7 Å². The molecular weight excluding hydrogens is 406 g/mol. The number of nitrogens with zero attached hydrogens (tertiary/aromatic N) is 5. The van der Waals surface area contributed by atoms with Crippen molar-refractivity contribution in [1.82, 2.24) is 19.7 Å². The van der Waals surface area contributed by atoms with Crippen LogP contribution in [-0.4, -0.2) is 51.8 Å². The third-order valence-corrected chi connectivity index (χ3v) is 7.56. The highest BCUT2D eigenvalue weighted by atomic mass is 32.1. The largest absolute Gasteiger partial charge is 0.346 e. The zero-order chi connectivity index (χ0) is 21.0. The summed E-state index contributed by atoms with van der Waals surface area (Å²) in [5.74, 6) is 1.08. The molecule has 1 atom stereocenters. The number of carbonyl (C=O) groups is 1. The highest BCUT2D eigenvalue weighted by molar-refractivity contribution is 7.17. The van der Waals surface area contributed by atoms with Crippen LogP contribution in [0, 0.1) is 11.8 Å². The number of hydrogen-bond acceptors (Lipinski definition) is 5. The summed E-state index contributed by atoms with van der Waals surface area (Å²) < 4.78 is 1.98. The van der Waals surface area contributed by atoms with Crippen LogP contribution < -0.4 is 4.90 Å². The smallest absolute Gasteiger partial charge is 0.227 e. The lowest BCUT2D eigenvalue weighted by Gasteiger charge is -2.37. The molecule has 2 fully saturated rings. The van der Waals surface area contributed by atoms with Gasteiger partial charge >= 0.3 is 0 Å². The molecule has 162 valence electrons. The van der Waals surface area contributed by atoms with E-state index in [9.17, 15) is 4.79 Å². The van der Waals surface area contributed by atoms with Crippen LogP contribution in [0.1, 0.15) is 31.2 Å². The quantitative estimate of drug-likeness (QED) is 0.607. The van der Waals surface area contributed by atoms with Crippen molar-refractivity contribution < 1.29 is 4.79 Å². The molecule has 1 amide bonds. The molecule has 2 aliphatic heterocycles. The Morgan fingerprint density at radius 2 is 1.68 bits per heavy atom. The van der Waals surface area contributed by atoms with Crippen molar-refractivity contribution in [2.24, 2.45) is 11.8 Å². The summed E-state index contributed by atoms with van der Waals surface area (Å²) in [6.07, 6.45) is 9.30. The maximum absolute atomic E-state index is 13.2. The zero-order valence-corrected chi connectivity index (χ0v) is 18.6. The van der Waals surface area contributed by atoms with Gasteiger partial charge in [0.05, 0.1) is 5.92 Å². The number of anilines is 1. The highest BCUT2D eigenvalue weighted by Crippen LogP contribution is 2.30. The Morgan fingerprint density at radius 1 is 0.935 bits per heavy atom. The van der Waals surface area contributed by atoms with Gasteiger partial charge in [0, 0.05) is 38.6 Å². The molecule has 2 aromatic heterocycles. The van der Waals surface area contributed by atoms with Gasteiger partial charge in [-0.25, -0.2) is 0 Å². The van der Waals surface area contributed by atoms with Crippen molar-refractivity contribution in [1.29, 1.82) is 0 Å². The van der Waals surface area contributed by atoms with Crippen LogP contribution in [0.3, 0.4) is 0 Å². The minimum absolute atomic E-state index is 0.0679. The monoisotopic (exact) mass is 435 g/mol. The van der Waals surface area contributed by atoms with E-state index in [0.717, 1.165) is 68.5 Å². The molecule has 2 saturated heterocycles. The summed E-state index contributed by atoms with van der Waals surface area (Å²) in [4.78, 5) is 17.6. The van der Waals surface area contributed by atoms with Gasteiger partial charge < -0.3 is 9.80 Å². The van der Waals surface area contributed by atoms with Crippen molar-refractivity contribution in [3.05, 3.63) is 60.4 Å². The number of piperidine rings is 2. The third kappa shape index (κ3) is 4.66. The average molecular weight is 436 g/mol. The number of hydrogen-bond donors (Lipinski definition) is 0. The Balaban J connectivity index is 1.16. The van der Waals surface area contributed by atoms with Crippen LogP contribution in [0.4, 0.5) is 5.13 Å². The Kier molecular flexibility index (Phi) is 6.02. The summed E-state index contributed by atoms with van der Waals surface area (Å²) in [7, 11) is 0. The first kappa shape index (κ1) is 20.2. The van der Waals surface area contributed by atoms with Crippen LogP contribution >= 0.6 is 11.3 Å². The van der Waals surface area contributed by atoms with Crippen molar-refractivity contribution in [2.45, 2.75) is 32.1 Å². The summed E-state index contributed by atoms with van der Waals surface area (Å²) in [6.45, 7) is 3.49. The highest BCUT2D eigenvalue weighted by Gasteiger charge is 2.32. The molecule has 0 aliphatic carbocycles. The molecule has 1 unspecified atom stereocenters. The van der Waals surface area contributed by atoms with Crippen LogP contribution in [-0.2, 0) is 11.2 Å². The van der Waals surface area contributed by atoms with Gasteiger partial charge in [-0.15, -0.1) is 10.2 Å². The lowest BCUT2D eigenvalue weighted by atomic mass is 9.89. The molecule has 7 heteroatoms. The number of carbonyl (C=O) groups excluding carboxylic acids is 1. The van der Waals surface area contributed by atoms with E-state index >= 15 is 0 Å². The topological polar surface area (TPSA) is 54.3 Å². The molecule has 3 aromatic rings. The second kappa shape index (κ2) is 9.22. The van der Waals surface area contributed by atoms with Crippen molar-refractivity contribution in [2.75, 3.05) is 31.1 Å². The van der Waals surface area contributed by atoms with Gasteiger partial charge in [-0.05, 0) is 55.7 Å². The molecule has 0 bridgehead atoms. The van der Waals surface area contributed by atoms with Gasteiger partial charge in [0.1, 0.15) is 0 Å². The summed E-state index contributed by atoms with van der Waals surface area (Å²) in [6, 6.07) is 14.7. The van der Waals surface area contributed by atoms with Crippen LogP contribution in [0.25, 0.3) is 5.13 Å². The van der Waals surface area contributed by atoms with E-state index in [0.29, 0.717) is 11.8 Å². The predicted molar refractivity (Wildman–Crippen MR) is 124 cm³/mol. The van der Waals surface area contributed by atoms with Crippen LogP contribution in [0.15, 0.2) is 54.9 Å². The normalized spacial score (nSPS) is 20.2. The number of aromatic nitrogens is 3. The summed E-state index contributed by atoms with van der Waals surface area (Å²) in [5, 5.41) is 10.5. The first-order chi connectivity index (χ1) is 15.3. The number of rotatable bonds is 5. The van der Waals surface area contributed by atoms with E-state index in [-0.39, 0.29) is 5.92 Å². The van der Waals surface area contributed by atoms with Crippen LogP contribution in [0.2, 0.25) is 0 Å². The van der Waals surface area contributed by atoms with E-state index in [1.807, 2.05) is 29.1 Å². The van der Waals surface area contributed by atoms with Gasteiger partial charge in [-0.2, -0.15) is 0 Å².